The Morgan fingerprint density at radius 3 is 2.48 bits per heavy atom. The number of rotatable bonds is 5. The molecule has 1 unspecified atom stereocenters. The summed E-state index contributed by atoms with van der Waals surface area (Å²) in [6, 6.07) is 12.6. The molecule has 0 aliphatic heterocycles. The van der Waals surface area contributed by atoms with Crippen molar-refractivity contribution in [1.82, 2.24) is 5.32 Å². The van der Waals surface area contributed by atoms with Gasteiger partial charge in [0, 0.05) is 27.1 Å². The molecule has 0 radical (unpaired) electrons. The highest BCUT2D eigenvalue weighted by Gasteiger charge is 2.12. The molecule has 1 N–H and O–H groups in total. The Bertz CT molecular complexity index is 631. The molecule has 0 aliphatic carbocycles. The molecule has 0 saturated heterocycles. The summed E-state index contributed by atoms with van der Waals surface area (Å²) in [7, 11) is 1.69. The highest BCUT2D eigenvalue weighted by Crippen LogP contribution is 2.33. The van der Waals surface area contributed by atoms with E-state index in [-0.39, 0.29) is 6.04 Å². The third kappa shape index (κ3) is 4.31. The second-order valence-corrected chi connectivity index (χ2v) is 7.33. The van der Waals surface area contributed by atoms with E-state index in [4.69, 9.17) is 4.74 Å². The molecule has 21 heavy (non-hydrogen) atoms. The monoisotopic (exact) mass is 475 g/mol. The summed E-state index contributed by atoms with van der Waals surface area (Å²) in [6.07, 6.45) is 0. The molecule has 2 aromatic carbocycles. The number of nitrogens with one attached hydrogen (secondary N) is 1. The van der Waals surface area contributed by atoms with E-state index >= 15 is 0 Å². The van der Waals surface area contributed by atoms with Gasteiger partial charge in [-0.1, -0.05) is 50.1 Å². The van der Waals surface area contributed by atoms with Crippen molar-refractivity contribution in [2.24, 2.45) is 0 Å². The first kappa shape index (κ1) is 17.0. The van der Waals surface area contributed by atoms with Crippen LogP contribution in [0.1, 0.15) is 24.1 Å². The van der Waals surface area contributed by atoms with Gasteiger partial charge in [0.2, 0.25) is 0 Å². The van der Waals surface area contributed by atoms with Gasteiger partial charge in [-0.25, -0.2) is 0 Å². The quantitative estimate of drug-likeness (QED) is 0.584. The van der Waals surface area contributed by atoms with Crippen LogP contribution in [0.25, 0.3) is 0 Å². The second kappa shape index (κ2) is 7.77. The highest BCUT2D eigenvalue weighted by atomic mass is 79.9. The average Bonchev–Trinajstić information content (AvgIpc) is 2.44. The normalized spacial score (nSPS) is 12.2. The smallest absolute Gasteiger partial charge is 0.137 e. The number of ether oxygens (including phenoxy) is 1. The van der Waals surface area contributed by atoms with E-state index in [1.165, 1.54) is 5.56 Å². The minimum Gasteiger partial charge on any atom is -0.495 e. The molecular weight excluding hydrogens is 462 g/mol. The fourth-order valence-electron chi connectivity index (χ4n) is 2.17. The molecule has 112 valence electrons. The van der Waals surface area contributed by atoms with Gasteiger partial charge in [0.1, 0.15) is 5.75 Å². The largest absolute Gasteiger partial charge is 0.495 e. The zero-order chi connectivity index (χ0) is 15.4. The third-order valence-corrected chi connectivity index (χ3v) is 5.03. The van der Waals surface area contributed by atoms with Gasteiger partial charge >= 0.3 is 0 Å². The Morgan fingerprint density at radius 1 is 1.10 bits per heavy atom. The summed E-state index contributed by atoms with van der Waals surface area (Å²) in [5, 5.41) is 3.53. The van der Waals surface area contributed by atoms with Crippen molar-refractivity contribution in [3.8, 4) is 5.75 Å². The van der Waals surface area contributed by atoms with E-state index in [2.05, 4.69) is 84.3 Å². The van der Waals surface area contributed by atoms with Gasteiger partial charge in [0.05, 0.1) is 11.6 Å². The van der Waals surface area contributed by atoms with Gasteiger partial charge in [-0.05, 0) is 46.6 Å². The van der Waals surface area contributed by atoms with Crippen LogP contribution in [0.15, 0.2) is 49.8 Å². The van der Waals surface area contributed by atoms with E-state index in [0.717, 1.165) is 31.3 Å². The predicted octanol–water partition coefficient (Wildman–Crippen LogP) is 5.83. The summed E-state index contributed by atoms with van der Waals surface area (Å²) in [5.41, 5.74) is 2.35. The molecule has 0 fully saturated rings. The van der Waals surface area contributed by atoms with Crippen LogP contribution >= 0.6 is 47.8 Å². The molecule has 0 amide bonds. The third-order valence-electron chi connectivity index (χ3n) is 3.26. The Labute approximate surface area is 150 Å². The van der Waals surface area contributed by atoms with Gasteiger partial charge in [-0.15, -0.1) is 0 Å². The molecule has 5 heteroatoms. The highest BCUT2D eigenvalue weighted by molar-refractivity contribution is 9.11. The first-order valence-corrected chi connectivity index (χ1v) is 8.90. The molecule has 2 aromatic rings. The van der Waals surface area contributed by atoms with Crippen molar-refractivity contribution >= 4 is 47.8 Å². The molecule has 0 spiro atoms. The summed E-state index contributed by atoms with van der Waals surface area (Å²) < 4.78 is 8.57. The molecule has 2 rings (SSSR count). The maximum Gasteiger partial charge on any atom is 0.137 e. The Morgan fingerprint density at radius 2 is 1.81 bits per heavy atom. The molecule has 0 bridgehead atoms. The molecule has 2 nitrogen and oxygen atoms in total. The molecule has 0 aliphatic rings. The predicted molar refractivity (Wildman–Crippen MR) is 97.8 cm³/mol. The Kier molecular flexibility index (Phi) is 6.29. The van der Waals surface area contributed by atoms with E-state index in [0.29, 0.717) is 0 Å². The van der Waals surface area contributed by atoms with Crippen LogP contribution in [-0.4, -0.2) is 7.11 Å². The van der Waals surface area contributed by atoms with E-state index < -0.39 is 0 Å². The minimum absolute atomic E-state index is 0.239. The fraction of sp³-hybridized carbons (Fsp3) is 0.250. The zero-order valence-corrected chi connectivity index (χ0v) is 16.5. The Balaban J connectivity index is 2.15. The van der Waals surface area contributed by atoms with Gasteiger partial charge in [-0.3, -0.25) is 0 Å². The van der Waals surface area contributed by atoms with Crippen LogP contribution in [0.2, 0.25) is 0 Å². The van der Waals surface area contributed by atoms with Crippen LogP contribution < -0.4 is 10.1 Å². The van der Waals surface area contributed by atoms with Crippen molar-refractivity contribution in [2.45, 2.75) is 19.5 Å². The van der Waals surface area contributed by atoms with E-state index in [1.807, 2.05) is 12.1 Å². The number of methoxy groups -OCH3 is 1. The van der Waals surface area contributed by atoms with Crippen molar-refractivity contribution in [1.29, 1.82) is 0 Å². The number of hydrogen-bond donors (Lipinski definition) is 1. The minimum atomic E-state index is 0.239. The molecule has 0 aromatic heterocycles. The van der Waals surface area contributed by atoms with Gasteiger partial charge in [-0.2, -0.15) is 0 Å². The molecule has 0 saturated carbocycles. The van der Waals surface area contributed by atoms with Gasteiger partial charge in [0.25, 0.3) is 0 Å². The second-order valence-electron chi connectivity index (χ2n) is 4.70. The Hall–Kier alpha value is -0.360. The summed E-state index contributed by atoms with van der Waals surface area (Å²) in [6.45, 7) is 2.88. The fourth-order valence-corrected chi connectivity index (χ4v) is 4.28. The lowest BCUT2D eigenvalue weighted by Gasteiger charge is -2.18. The maximum absolute atomic E-state index is 5.48. The lowest BCUT2D eigenvalue weighted by molar-refractivity contribution is 0.403. The van der Waals surface area contributed by atoms with Crippen LogP contribution in [-0.2, 0) is 6.54 Å². The zero-order valence-electron chi connectivity index (χ0n) is 11.8. The molecule has 1 atom stereocenters. The van der Waals surface area contributed by atoms with Crippen molar-refractivity contribution in [3.63, 3.8) is 0 Å². The topological polar surface area (TPSA) is 21.3 Å². The number of benzene rings is 2. The molecular formula is C16H16Br3NO. The van der Waals surface area contributed by atoms with Crippen molar-refractivity contribution in [3.05, 3.63) is 60.9 Å². The SMILES string of the molecule is COc1c(Br)cc(Br)cc1CNC(C)c1ccccc1Br. The standard InChI is InChI=1S/C16H16Br3NO/c1-10(13-5-3-4-6-14(13)18)20-9-11-7-12(17)8-15(19)16(11)21-2/h3-8,10,20H,9H2,1-2H3. The average molecular weight is 478 g/mol. The van der Waals surface area contributed by atoms with E-state index in [9.17, 15) is 0 Å². The van der Waals surface area contributed by atoms with Gasteiger partial charge in [0.15, 0.2) is 0 Å². The summed E-state index contributed by atoms with van der Waals surface area (Å²) >= 11 is 10.6. The van der Waals surface area contributed by atoms with Crippen LogP contribution in [0, 0.1) is 0 Å². The van der Waals surface area contributed by atoms with Crippen molar-refractivity contribution in [2.75, 3.05) is 7.11 Å². The number of hydrogen-bond acceptors (Lipinski definition) is 2. The van der Waals surface area contributed by atoms with Crippen LogP contribution in [0.3, 0.4) is 0 Å². The lowest BCUT2D eigenvalue weighted by Crippen LogP contribution is -2.19. The summed E-state index contributed by atoms with van der Waals surface area (Å²) in [4.78, 5) is 0. The van der Waals surface area contributed by atoms with Gasteiger partial charge < -0.3 is 10.1 Å². The lowest BCUT2D eigenvalue weighted by atomic mass is 10.1. The van der Waals surface area contributed by atoms with Crippen molar-refractivity contribution < 1.29 is 4.74 Å². The summed E-state index contributed by atoms with van der Waals surface area (Å²) in [5.74, 6) is 0.866. The first-order valence-electron chi connectivity index (χ1n) is 6.52. The maximum atomic E-state index is 5.48. The van der Waals surface area contributed by atoms with Crippen LogP contribution in [0.4, 0.5) is 0 Å². The first-order chi connectivity index (χ1) is 10.0. The van der Waals surface area contributed by atoms with E-state index in [1.54, 1.807) is 7.11 Å². The number of halogens is 3. The van der Waals surface area contributed by atoms with Crippen LogP contribution in [0.5, 0.6) is 5.75 Å². The molecule has 0 heterocycles.